The Labute approximate surface area is 92.3 Å². The van der Waals surface area contributed by atoms with Crippen molar-refractivity contribution in [3.05, 3.63) is 18.2 Å². The van der Waals surface area contributed by atoms with E-state index in [1.807, 2.05) is 19.4 Å². The van der Waals surface area contributed by atoms with Crippen LogP contribution in [0.15, 0.2) is 12.4 Å². The minimum atomic E-state index is 0.529. The van der Waals surface area contributed by atoms with Crippen molar-refractivity contribution in [3.8, 4) is 0 Å². The molecular weight excluding hydrogens is 188 g/mol. The van der Waals surface area contributed by atoms with Gasteiger partial charge in [-0.25, -0.2) is 4.98 Å². The van der Waals surface area contributed by atoms with E-state index in [4.69, 9.17) is 0 Å². The van der Waals surface area contributed by atoms with Gasteiger partial charge in [0, 0.05) is 32.0 Å². The first kappa shape index (κ1) is 12.2. The molecule has 4 heteroatoms. The molecule has 1 rings (SSSR count). The van der Waals surface area contributed by atoms with Gasteiger partial charge in [-0.05, 0) is 20.5 Å². The summed E-state index contributed by atoms with van der Waals surface area (Å²) in [6, 6.07) is 0.529. The van der Waals surface area contributed by atoms with Gasteiger partial charge >= 0.3 is 0 Å². The van der Waals surface area contributed by atoms with Gasteiger partial charge in [0.2, 0.25) is 0 Å². The fraction of sp³-hybridized carbons (Fsp3) is 0.727. The van der Waals surface area contributed by atoms with Gasteiger partial charge in [-0.2, -0.15) is 0 Å². The lowest BCUT2D eigenvalue weighted by Crippen LogP contribution is -2.37. The Kier molecular flexibility index (Phi) is 4.78. The van der Waals surface area contributed by atoms with Crippen LogP contribution in [0, 0.1) is 0 Å². The highest BCUT2D eigenvalue weighted by atomic mass is 15.2. The molecule has 0 radical (unpaired) electrons. The molecule has 1 N–H and O–H groups in total. The number of aryl methyl sites for hydroxylation is 1. The van der Waals surface area contributed by atoms with E-state index in [-0.39, 0.29) is 0 Å². The highest BCUT2D eigenvalue weighted by molar-refractivity contribution is 4.91. The van der Waals surface area contributed by atoms with E-state index in [2.05, 4.69) is 40.7 Å². The molecule has 0 saturated heterocycles. The van der Waals surface area contributed by atoms with Crippen LogP contribution in [-0.2, 0) is 13.6 Å². The van der Waals surface area contributed by atoms with Crippen LogP contribution in [0.4, 0.5) is 0 Å². The lowest BCUT2D eigenvalue weighted by atomic mass is 10.3. The van der Waals surface area contributed by atoms with Crippen molar-refractivity contribution < 1.29 is 0 Å². The molecule has 0 saturated carbocycles. The molecule has 1 unspecified atom stereocenters. The average molecular weight is 210 g/mol. The predicted molar refractivity (Wildman–Crippen MR) is 62.7 cm³/mol. The SMILES string of the molecule is CCNCC(C)N(C)Cc1nccn1C. The smallest absolute Gasteiger partial charge is 0.122 e. The van der Waals surface area contributed by atoms with Crippen molar-refractivity contribution in [2.45, 2.75) is 26.4 Å². The van der Waals surface area contributed by atoms with Crippen LogP contribution in [0.25, 0.3) is 0 Å². The summed E-state index contributed by atoms with van der Waals surface area (Å²) in [5.74, 6) is 1.11. The van der Waals surface area contributed by atoms with Gasteiger partial charge in [-0.1, -0.05) is 6.92 Å². The van der Waals surface area contributed by atoms with E-state index < -0.39 is 0 Å². The zero-order chi connectivity index (χ0) is 11.3. The predicted octanol–water partition coefficient (Wildman–Crippen LogP) is 0.850. The number of rotatable bonds is 6. The molecule has 1 heterocycles. The van der Waals surface area contributed by atoms with Gasteiger partial charge in [0.05, 0.1) is 6.54 Å². The van der Waals surface area contributed by atoms with Gasteiger partial charge in [-0.3, -0.25) is 4.90 Å². The van der Waals surface area contributed by atoms with E-state index >= 15 is 0 Å². The van der Waals surface area contributed by atoms with Gasteiger partial charge in [0.15, 0.2) is 0 Å². The van der Waals surface area contributed by atoms with E-state index in [9.17, 15) is 0 Å². The van der Waals surface area contributed by atoms with Crippen LogP contribution in [0.3, 0.4) is 0 Å². The third-order valence-corrected chi connectivity index (χ3v) is 2.75. The molecule has 0 spiro atoms. The molecule has 0 aliphatic carbocycles. The van der Waals surface area contributed by atoms with Gasteiger partial charge in [0.1, 0.15) is 5.82 Å². The maximum atomic E-state index is 4.32. The maximum Gasteiger partial charge on any atom is 0.122 e. The molecule has 1 aromatic heterocycles. The lowest BCUT2D eigenvalue weighted by Gasteiger charge is -2.24. The normalized spacial score (nSPS) is 13.4. The van der Waals surface area contributed by atoms with Crippen molar-refractivity contribution >= 4 is 0 Å². The second kappa shape index (κ2) is 5.88. The second-order valence-electron chi connectivity index (χ2n) is 4.03. The first-order valence-corrected chi connectivity index (χ1v) is 5.52. The molecule has 0 aromatic carbocycles. The Hall–Kier alpha value is -0.870. The molecule has 0 amide bonds. The van der Waals surface area contributed by atoms with Crippen molar-refractivity contribution in [2.75, 3.05) is 20.1 Å². The number of hydrogen-bond donors (Lipinski definition) is 1. The van der Waals surface area contributed by atoms with Crippen LogP contribution in [-0.4, -0.2) is 40.6 Å². The molecule has 4 nitrogen and oxygen atoms in total. The van der Waals surface area contributed by atoms with Gasteiger partial charge in [0.25, 0.3) is 0 Å². The van der Waals surface area contributed by atoms with E-state index in [0.717, 1.165) is 25.5 Å². The Balaban J connectivity index is 2.41. The molecule has 86 valence electrons. The standard InChI is InChI=1S/C11H22N4/c1-5-12-8-10(2)15(4)9-11-13-6-7-14(11)3/h6-7,10,12H,5,8-9H2,1-4H3. The Morgan fingerprint density at radius 2 is 2.33 bits per heavy atom. The molecule has 1 aromatic rings. The van der Waals surface area contributed by atoms with Crippen molar-refractivity contribution in [1.82, 2.24) is 19.8 Å². The minimum Gasteiger partial charge on any atom is -0.337 e. The molecule has 0 aliphatic heterocycles. The third-order valence-electron chi connectivity index (χ3n) is 2.75. The molecule has 1 atom stereocenters. The topological polar surface area (TPSA) is 33.1 Å². The van der Waals surface area contributed by atoms with Crippen molar-refractivity contribution in [1.29, 1.82) is 0 Å². The van der Waals surface area contributed by atoms with Crippen LogP contribution < -0.4 is 5.32 Å². The minimum absolute atomic E-state index is 0.529. The Morgan fingerprint density at radius 1 is 1.60 bits per heavy atom. The Bertz CT molecular complexity index is 282. The zero-order valence-electron chi connectivity index (χ0n) is 10.2. The number of nitrogens with one attached hydrogen (secondary N) is 1. The number of likely N-dealkylation sites (N-methyl/N-ethyl adjacent to an activating group) is 2. The van der Waals surface area contributed by atoms with Crippen molar-refractivity contribution in [2.24, 2.45) is 7.05 Å². The maximum absolute atomic E-state index is 4.32. The first-order valence-electron chi connectivity index (χ1n) is 5.52. The molecule has 0 bridgehead atoms. The van der Waals surface area contributed by atoms with E-state index in [1.165, 1.54) is 0 Å². The number of hydrogen-bond acceptors (Lipinski definition) is 3. The van der Waals surface area contributed by atoms with Gasteiger partial charge in [-0.15, -0.1) is 0 Å². The van der Waals surface area contributed by atoms with Crippen LogP contribution in [0.5, 0.6) is 0 Å². The summed E-state index contributed by atoms with van der Waals surface area (Å²) in [6.45, 7) is 7.31. The number of imidazole rings is 1. The summed E-state index contributed by atoms with van der Waals surface area (Å²) in [5.41, 5.74) is 0. The summed E-state index contributed by atoms with van der Waals surface area (Å²) >= 11 is 0. The average Bonchev–Trinajstić information content (AvgIpc) is 2.61. The quantitative estimate of drug-likeness (QED) is 0.755. The monoisotopic (exact) mass is 210 g/mol. The highest BCUT2D eigenvalue weighted by Crippen LogP contribution is 2.02. The van der Waals surface area contributed by atoms with E-state index in [0.29, 0.717) is 6.04 Å². The third kappa shape index (κ3) is 3.64. The first-order chi connectivity index (χ1) is 7.15. The van der Waals surface area contributed by atoms with Gasteiger partial charge < -0.3 is 9.88 Å². The van der Waals surface area contributed by atoms with E-state index in [1.54, 1.807) is 0 Å². The molecule has 0 fully saturated rings. The van der Waals surface area contributed by atoms with Crippen LogP contribution in [0.2, 0.25) is 0 Å². The van der Waals surface area contributed by atoms with Crippen LogP contribution in [0.1, 0.15) is 19.7 Å². The summed E-state index contributed by atoms with van der Waals surface area (Å²) < 4.78 is 2.07. The lowest BCUT2D eigenvalue weighted by molar-refractivity contribution is 0.236. The summed E-state index contributed by atoms with van der Waals surface area (Å²) in [7, 11) is 4.17. The molecule has 0 aliphatic rings. The number of nitrogens with zero attached hydrogens (tertiary/aromatic N) is 3. The number of aromatic nitrogens is 2. The molecular formula is C11H22N4. The van der Waals surface area contributed by atoms with Crippen molar-refractivity contribution in [3.63, 3.8) is 0 Å². The summed E-state index contributed by atoms with van der Waals surface area (Å²) in [4.78, 5) is 6.63. The second-order valence-corrected chi connectivity index (χ2v) is 4.03. The summed E-state index contributed by atoms with van der Waals surface area (Å²) in [5, 5.41) is 3.35. The zero-order valence-corrected chi connectivity index (χ0v) is 10.2. The largest absolute Gasteiger partial charge is 0.337 e. The highest BCUT2D eigenvalue weighted by Gasteiger charge is 2.10. The fourth-order valence-electron chi connectivity index (χ4n) is 1.44. The van der Waals surface area contributed by atoms with Crippen LogP contribution >= 0.6 is 0 Å². The fourth-order valence-corrected chi connectivity index (χ4v) is 1.44. The molecule has 15 heavy (non-hydrogen) atoms. The summed E-state index contributed by atoms with van der Waals surface area (Å²) in [6.07, 6.45) is 3.83. The Morgan fingerprint density at radius 3 is 2.87 bits per heavy atom.